The normalized spacial score (nSPS) is 24.0. The van der Waals surface area contributed by atoms with Gasteiger partial charge in [0.25, 0.3) is 0 Å². The van der Waals surface area contributed by atoms with Crippen LogP contribution in [0.25, 0.3) is 0 Å². The van der Waals surface area contributed by atoms with Crippen LogP contribution in [-0.2, 0) is 5.41 Å². The largest absolute Gasteiger partial charge is 0.371 e. The smallest absolute Gasteiger partial charge is 0.0978 e. The molecule has 1 aromatic rings. The summed E-state index contributed by atoms with van der Waals surface area (Å²) in [6, 6.07) is 6.48. The lowest BCUT2D eigenvalue weighted by atomic mass is 9.81. The van der Waals surface area contributed by atoms with Crippen LogP contribution in [0.2, 0.25) is 0 Å². The lowest BCUT2D eigenvalue weighted by Gasteiger charge is -2.26. The van der Waals surface area contributed by atoms with Gasteiger partial charge in [0.05, 0.1) is 32.6 Å². The third-order valence-electron chi connectivity index (χ3n) is 4.40. The molecule has 3 rings (SSSR count). The Kier molecular flexibility index (Phi) is 4.07. The van der Waals surface area contributed by atoms with Crippen molar-refractivity contribution in [3.63, 3.8) is 0 Å². The predicted molar refractivity (Wildman–Crippen MR) is 97.4 cm³/mol. The number of rotatable bonds is 1. The molecule has 1 fully saturated rings. The molecule has 2 nitrogen and oxygen atoms in total. The summed E-state index contributed by atoms with van der Waals surface area (Å²) in [5, 5.41) is 0.680. The quantitative estimate of drug-likeness (QED) is 0.380. The fourth-order valence-corrected chi connectivity index (χ4v) is 4.05. The van der Waals surface area contributed by atoms with Crippen LogP contribution in [-0.4, -0.2) is 18.4 Å². The van der Waals surface area contributed by atoms with Gasteiger partial charge in [0.1, 0.15) is 0 Å². The Morgan fingerprint density at radius 2 is 1.95 bits per heavy atom. The Morgan fingerprint density at radius 1 is 1.29 bits per heavy atom. The molecule has 4 heteroatoms. The summed E-state index contributed by atoms with van der Waals surface area (Å²) in [6.45, 7) is 8.70. The van der Waals surface area contributed by atoms with Crippen LogP contribution in [0.5, 0.6) is 0 Å². The van der Waals surface area contributed by atoms with Crippen LogP contribution in [0, 0.1) is 11.8 Å². The second kappa shape index (κ2) is 5.70. The monoisotopic (exact) mass is 408 g/mol. The molecule has 1 saturated heterocycles. The molecule has 0 amide bonds. The van der Waals surface area contributed by atoms with Gasteiger partial charge in [0, 0.05) is 30.0 Å². The zero-order valence-electron chi connectivity index (χ0n) is 12.1. The van der Waals surface area contributed by atoms with Crippen LogP contribution >= 0.6 is 32.1 Å². The van der Waals surface area contributed by atoms with Gasteiger partial charge in [0.2, 0.25) is 0 Å². The zero-order valence-corrected chi connectivity index (χ0v) is 15.3. The second-order valence-electron chi connectivity index (χ2n) is 5.65. The summed E-state index contributed by atoms with van der Waals surface area (Å²) in [5.41, 5.74) is 4.39. The Balaban J connectivity index is 2.19. The summed E-state index contributed by atoms with van der Waals surface area (Å²) < 4.78 is 2.00. The molecular weight excluding hydrogens is 392 g/mol. The molecule has 1 atom stereocenters. The van der Waals surface area contributed by atoms with E-state index in [0.717, 1.165) is 24.5 Å². The molecular formula is C17H18Br2N2. The maximum absolute atomic E-state index is 4.27. The molecule has 0 aromatic heterocycles. The molecule has 2 aliphatic rings. The number of fused-ring (bicyclic) bond motifs is 1. The molecule has 0 spiro atoms. The van der Waals surface area contributed by atoms with Gasteiger partial charge in [-0.15, -0.1) is 0 Å². The molecule has 1 unspecified atom stereocenters. The summed E-state index contributed by atoms with van der Waals surface area (Å²) in [5.74, 6) is 6.59. The minimum atomic E-state index is -0.341. The lowest BCUT2D eigenvalue weighted by molar-refractivity contribution is 0.760. The minimum absolute atomic E-state index is 0.341. The van der Waals surface area contributed by atoms with Crippen molar-refractivity contribution in [2.24, 2.45) is 0 Å². The number of anilines is 2. The highest BCUT2D eigenvalue weighted by molar-refractivity contribution is 9.10. The summed E-state index contributed by atoms with van der Waals surface area (Å²) in [7, 11) is 0. The van der Waals surface area contributed by atoms with Crippen LogP contribution in [0.1, 0.15) is 25.3 Å². The Hall–Kier alpha value is -0.920. The van der Waals surface area contributed by atoms with Crippen LogP contribution in [0.15, 0.2) is 30.5 Å². The Labute approximate surface area is 143 Å². The third kappa shape index (κ3) is 2.31. The van der Waals surface area contributed by atoms with Gasteiger partial charge in [-0.1, -0.05) is 40.4 Å². The molecule has 2 heterocycles. The van der Waals surface area contributed by atoms with E-state index in [1.165, 1.54) is 24.1 Å². The van der Waals surface area contributed by atoms with E-state index in [4.69, 9.17) is 0 Å². The molecule has 110 valence electrons. The van der Waals surface area contributed by atoms with Gasteiger partial charge in [-0.05, 0) is 31.9 Å². The van der Waals surface area contributed by atoms with Gasteiger partial charge in [-0.25, -0.2) is 0 Å². The van der Waals surface area contributed by atoms with E-state index < -0.39 is 0 Å². The second-order valence-corrected chi connectivity index (χ2v) is 6.92. The van der Waals surface area contributed by atoms with Gasteiger partial charge in [0.15, 0.2) is 0 Å². The van der Waals surface area contributed by atoms with Crippen molar-refractivity contribution >= 4 is 43.5 Å². The molecule has 0 N–H and O–H groups in total. The number of halogens is 2. The Morgan fingerprint density at radius 3 is 2.62 bits per heavy atom. The number of hydrogen-bond acceptors (Lipinski definition) is 2. The molecule has 2 aliphatic heterocycles. The van der Waals surface area contributed by atoms with E-state index in [1.54, 1.807) is 0 Å². The minimum Gasteiger partial charge on any atom is -0.371 e. The van der Waals surface area contributed by atoms with E-state index in [9.17, 15) is 0 Å². The van der Waals surface area contributed by atoms with Gasteiger partial charge < -0.3 is 4.90 Å². The fraction of sp³-hybridized carbons (Fsp3) is 0.412. The highest BCUT2D eigenvalue weighted by Gasteiger charge is 2.43. The molecule has 0 aliphatic carbocycles. The first-order valence-corrected chi connectivity index (χ1v) is 9.02. The van der Waals surface area contributed by atoms with E-state index in [0.29, 0.717) is 5.33 Å². The third-order valence-corrected chi connectivity index (χ3v) is 5.49. The maximum atomic E-state index is 4.27. The van der Waals surface area contributed by atoms with Crippen molar-refractivity contribution in [2.75, 3.05) is 27.2 Å². The van der Waals surface area contributed by atoms with Crippen molar-refractivity contribution in [1.29, 1.82) is 0 Å². The Bertz CT molecular complexity index is 638. The average molecular weight is 410 g/mol. The summed E-state index contributed by atoms with van der Waals surface area (Å²) in [6.07, 6.45) is 2.54. The zero-order chi connectivity index (χ0) is 15.0. The predicted octanol–water partition coefficient (Wildman–Crippen LogP) is 4.59. The van der Waals surface area contributed by atoms with Crippen molar-refractivity contribution in [3.05, 3.63) is 36.0 Å². The van der Waals surface area contributed by atoms with E-state index in [1.807, 2.05) is 3.93 Å². The summed E-state index contributed by atoms with van der Waals surface area (Å²) >= 11 is 7.05. The fourth-order valence-electron chi connectivity index (χ4n) is 3.26. The van der Waals surface area contributed by atoms with Gasteiger partial charge in [-0.3, -0.25) is 3.93 Å². The highest BCUT2D eigenvalue weighted by Crippen LogP contribution is 2.52. The number of hydrogen-bond donors (Lipinski definition) is 0. The SMILES string of the molecule is C=C1N(Br)c2cccc(N3CCCC3)c2C1(C)C#CCBr. The first-order chi connectivity index (χ1) is 10.1. The van der Waals surface area contributed by atoms with Crippen molar-refractivity contribution in [1.82, 2.24) is 0 Å². The van der Waals surface area contributed by atoms with Crippen LogP contribution < -0.4 is 8.83 Å². The number of benzene rings is 1. The number of alkyl halides is 1. The molecule has 0 bridgehead atoms. The van der Waals surface area contributed by atoms with Crippen molar-refractivity contribution in [3.8, 4) is 11.8 Å². The highest BCUT2D eigenvalue weighted by atomic mass is 79.9. The number of nitrogens with zero attached hydrogens (tertiary/aromatic N) is 2. The summed E-state index contributed by atoms with van der Waals surface area (Å²) in [4.78, 5) is 2.48. The topological polar surface area (TPSA) is 6.48 Å². The molecule has 0 radical (unpaired) electrons. The van der Waals surface area contributed by atoms with Gasteiger partial charge in [-0.2, -0.15) is 0 Å². The van der Waals surface area contributed by atoms with E-state index >= 15 is 0 Å². The number of allylic oxidation sites excluding steroid dienone is 1. The maximum Gasteiger partial charge on any atom is 0.0978 e. The van der Waals surface area contributed by atoms with E-state index in [2.05, 4.69) is 80.5 Å². The van der Waals surface area contributed by atoms with E-state index in [-0.39, 0.29) is 5.41 Å². The van der Waals surface area contributed by atoms with Crippen molar-refractivity contribution < 1.29 is 0 Å². The first kappa shape index (κ1) is 15.0. The van der Waals surface area contributed by atoms with Crippen molar-refractivity contribution in [2.45, 2.75) is 25.2 Å². The lowest BCUT2D eigenvalue weighted by Crippen LogP contribution is -2.26. The molecule has 0 saturated carbocycles. The molecule has 21 heavy (non-hydrogen) atoms. The van der Waals surface area contributed by atoms with Gasteiger partial charge >= 0.3 is 0 Å². The molecule has 1 aromatic carbocycles. The van der Waals surface area contributed by atoms with Crippen LogP contribution in [0.3, 0.4) is 0 Å². The average Bonchev–Trinajstić information content (AvgIpc) is 3.09. The standard InChI is InChI=1S/C17H18Br2N2/c1-13-17(2,9-6-10-18)16-14(20-11-3-4-12-20)7-5-8-15(16)21(13)19/h5,7-8H,1,3-4,10-12H2,2H3. The van der Waals surface area contributed by atoms with Crippen LogP contribution in [0.4, 0.5) is 11.4 Å². The first-order valence-electron chi connectivity index (χ1n) is 7.19.